The normalized spacial score (nSPS) is 10.3. The number of benzene rings is 2. The number of anilines is 1. The van der Waals surface area contributed by atoms with Crippen LogP contribution in [0.4, 0.5) is 5.69 Å². The van der Waals surface area contributed by atoms with E-state index in [1.54, 1.807) is 24.3 Å². The highest BCUT2D eigenvalue weighted by Crippen LogP contribution is 2.31. The molecule has 0 fully saturated rings. The molecule has 1 N–H and O–H groups in total. The van der Waals surface area contributed by atoms with Crippen LogP contribution in [0.25, 0.3) is 10.1 Å². The average Bonchev–Trinajstić information content (AvgIpc) is 2.85. The zero-order chi connectivity index (χ0) is 14.8. The van der Waals surface area contributed by atoms with Crippen molar-refractivity contribution in [1.29, 1.82) is 5.26 Å². The van der Waals surface area contributed by atoms with Gasteiger partial charge in [-0.3, -0.25) is 4.79 Å². The van der Waals surface area contributed by atoms with Gasteiger partial charge in [0.15, 0.2) is 0 Å². The molecular formula is C17H12N2OS. The molecule has 0 radical (unpaired) electrons. The molecule has 1 heterocycles. The average molecular weight is 292 g/mol. The fourth-order valence-corrected chi connectivity index (χ4v) is 3.35. The van der Waals surface area contributed by atoms with E-state index >= 15 is 0 Å². The van der Waals surface area contributed by atoms with Gasteiger partial charge in [0.1, 0.15) is 0 Å². The number of hydrogen-bond donors (Lipinski definition) is 1. The van der Waals surface area contributed by atoms with Gasteiger partial charge in [-0.15, -0.1) is 11.3 Å². The summed E-state index contributed by atoms with van der Waals surface area (Å²) in [5.41, 5.74) is 2.15. The third kappa shape index (κ3) is 2.51. The molecule has 2 aromatic carbocycles. The third-order valence-electron chi connectivity index (χ3n) is 3.30. The highest BCUT2D eigenvalue weighted by atomic mass is 32.1. The van der Waals surface area contributed by atoms with Crippen LogP contribution in [0.5, 0.6) is 0 Å². The van der Waals surface area contributed by atoms with Crippen molar-refractivity contribution in [2.75, 3.05) is 5.32 Å². The molecule has 3 rings (SSSR count). The molecule has 0 aliphatic heterocycles. The topological polar surface area (TPSA) is 52.9 Å². The van der Waals surface area contributed by atoms with Crippen molar-refractivity contribution in [3.8, 4) is 6.07 Å². The Morgan fingerprint density at radius 1 is 1.19 bits per heavy atom. The van der Waals surface area contributed by atoms with Gasteiger partial charge in [-0.05, 0) is 42.1 Å². The summed E-state index contributed by atoms with van der Waals surface area (Å²) >= 11 is 1.48. The fourth-order valence-electron chi connectivity index (χ4n) is 2.25. The highest BCUT2D eigenvalue weighted by molar-refractivity contribution is 7.21. The van der Waals surface area contributed by atoms with Gasteiger partial charge in [0.05, 0.1) is 16.5 Å². The molecule has 4 heteroatoms. The Morgan fingerprint density at radius 2 is 2.00 bits per heavy atom. The molecule has 0 bridgehead atoms. The number of thiophene rings is 1. The van der Waals surface area contributed by atoms with Crippen LogP contribution in [-0.2, 0) is 0 Å². The van der Waals surface area contributed by atoms with Gasteiger partial charge in [0.25, 0.3) is 5.91 Å². The number of fused-ring (bicyclic) bond motifs is 1. The van der Waals surface area contributed by atoms with E-state index in [9.17, 15) is 4.79 Å². The van der Waals surface area contributed by atoms with Crippen molar-refractivity contribution in [3.63, 3.8) is 0 Å². The molecular weight excluding hydrogens is 280 g/mol. The first-order chi connectivity index (χ1) is 10.2. The molecule has 21 heavy (non-hydrogen) atoms. The monoisotopic (exact) mass is 292 g/mol. The zero-order valence-electron chi connectivity index (χ0n) is 11.4. The lowest BCUT2D eigenvalue weighted by molar-refractivity contribution is 0.103. The van der Waals surface area contributed by atoms with Crippen LogP contribution in [-0.4, -0.2) is 5.91 Å². The largest absolute Gasteiger partial charge is 0.321 e. The van der Waals surface area contributed by atoms with Crippen LogP contribution in [0.3, 0.4) is 0 Å². The number of hydrogen-bond acceptors (Lipinski definition) is 3. The van der Waals surface area contributed by atoms with Gasteiger partial charge in [-0.1, -0.05) is 24.3 Å². The number of carbonyl (C=O) groups excluding carboxylic acids is 1. The summed E-state index contributed by atoms with van der Waals surface area (Å²) in [6.07, 6.45) is 0. The Hall–Kier alpha value is -2.64. The maximum atomic E-state index is 12.4. The van der Waals surface area contributed by atoms with Gasteiger partial charge < -0.3 is 5.32 Å². The molecule has 0 aliphatic carbocycles. The lowest BCUT2D eigenvalue weighted by Crippen LogP contribution is -2.11. The van der Waals surface area contributed by atoms with Crippen LogP contribution in [0.2, 0.25) is 0 Å². The summed E-state index contributed by atoms with van der Waals surface area (Å²) in [4.78, 5) is 13.1. The molecule has 0 saturated heterocycles. The Balaban J connectivity index is 1.94. The third-order valence-corrected chi connectivity index (χ3v) is 4.57. The first-order valence-corrected chi connectivity index (χ1v) is 7.30. The first kappa shape index (κ1) is 13.3. The maximum absolute atomic E-state index is 12.4. The number of nitrogens with one attached hydrogen (secondary N) is 1. The molecule has 0 unspecified atom stereocenters. The Labute approximate surface area is 126 Å². The summed E-state index contributed by atoms with van der Waals surface area (Å²) in [7, 11) is 0. The molecule has 1 amide bonds. The number of nitrogens with zero attached hydrogens (tertiary/aromatic N) is 1. The molecule has 3 nitrogen and oxygen atoms in total. The van der Waals surface area contributed by atoms with Crippen molar-refractivity contribution in [3.05, 3.63) is 64.5 Å². The molecule has 102 valence electrons. The minimum atomic E-state index is -0.135. The van der Waals surface area contributed by atoms with E-state index in [0.717, 1.165) is 15.6 Å². The summed E-state index contributed by atoms with van der Waals surface area (Å²) in [5.74, 6) is -0.135. The van der Waals surface area contributed by atoms with Crippen LogP contribution in [0.1, 0.15) is 20.8 Å². The predicted octanol–water partition coefficient (Wildman–Crippen LogP) is 4.33. The minimum absolute atomic E-state index is 0.135. The van der Waals surface area contributed by atoms with E-state index in [1.165, 1.54) is 11.3 Å². The minimum Gasteiger partial charge on any atom is -0.321 e. The summed E-state index contributed by atoms with van der Waals surface area (Å²) < 4.78 is 1.10. The van der Waals surface area contributed by atoms with Crippen LogP contribution in [0, 0.1) is 18.3 Å². The van der Waals surface area contributed by atoms with Crippen molar-refractivity contribution in [1.82, 2.24) is 0 Å². The summed E-state index contributed by atoms with van der Waals surface area (Å²) in [6.45, 7) is 1.96. The Bertz CT molecular complexity index is 874. The second-order valence-electron chi connectivity index (χ2n) is 4.70. The summed E-state index contributed by atoms with van der Waals surface area (Å²) in [6, 6.07) is 17.0. The number of carbonyl (C=O) groups is 1. The summed E-state index contributed by atoms with van der Waals surface area (Å²) in [5, 5.41) is 12.9. The maximum Gasteiger partial charge on any atom is 0.266 e. The van der Waals surface area contributed by atoms with Gasteiger partial charge in [0.2, 0.25) is 0 Å². The van der Waals surface area contributed by atoms with E-state index in [2.05, 4.69) is 11.4 Å². The zero-order valence-corrected chi connectivity index (χ0v) is 12.2. The van der Waals surface area contributed by atoms with E-state index < -0.39 is 0 Å². The van der Waals surface area contributed by atoms with E-state index in [-0.39, 0.29) is 5.91 Å². The second kappa shape index (κ2) is 5.39. The first-order valence-electron chi connectivity index (χ1n) is 6.48. The Morgan fingerprint density at radius 3 is 2.76 bits per heavy atom. The van der Waals surface area contributed by atoms with Crippen LogP contribution >= 0.6 is 11.3 Å². The molecule has 3 aromatic rings. The second-order valence-corrected chi connectivity index (χ2v) is 5.75. The quantitative estimate of drug-likeness (QED) is 0.764. The molecule has 0 aliphatic rings. The van der Waals surface area contributed by atoms with E-state index in [0.29, 0.717) is 16.1 Å². The standard InChI is InChI=1S/C17H12N2OS/c1-11-14-7-2-3-8-15(14)21-16(11)17(20)19-13-6-4-5-12(9-13)10-18/h2-9H,1H3,(H,19,20). The fraction of sp³-hybridized carbons (Fsp3) is 0.0588. The van der Waals surface area contributed by atoms with Crippen LogP contribution in [0.15, 0.2) is 48.5 Å². The molecule has 0 atom stereocenters. The van der Waals surface area contributed by atoms with E-state index in [1.807, 2.05) is 31.2 Å². The van der Waals surface area contributed by atoms with E-state index in [4.69, 9.17) is 5.26 Å². The van der Waals surface area contributed by atoms with Crippen molar-refractivity contribution >= 4 is 33.0 Å². The number of nitriles is 1. The van der Waals surface area contributed by atoms with Gasteiger partial charge in [0, 0.05) is 10.4 Å². The van der Waals surface area contributed by atoms with Crippen LogP contribution < -0.4 is 5.32 Å². The van der Waals surface area contributed by atoms with Crippen molar-refractivity contribution in [2.24, 2.45) is 0 Å². The SMILES string of the molecule is Cc1c(C(=O)Nc2cccc(C#N)c2)sc2ccccc12. The molecule has 1 aromatic heterocycles. The predicted molar refractivity (Wildman–Crippen MR) is 85.7 cm³/mol. The van der Waals surface area contributed by atoms with Gasteiger partial charge >= 0.3 is 0 Å². The number of amides is 1. The van der Waals surface area contributed by atoms with Crippen molar-refractivity contribution < 1.29 is 4.79 Å². The van der Waals surface area contributed by atoms with Crippen molar-refractivity contribution in [2.45, 2.75) is 6.92 Å². The lowest BCUT2D eigenvalue weighted by Gasteiger charge is -2.04. The van der Waals surface area contributed by atoms with Gasteiger partial charge in [-0.25, -0.2) is 0 Å². The number of rotatable bonds is 2. The molecule has 0 spiro atoms. The lowest BCUT2D eigenvalue weighted by atomic mass is 10.1. The number of aryl methyl sites for hydroxylation is 1. The smallest absolute Gasteiger partial charge is 0.266 e. The highest BCUT2D eigenvalue weighted by Gasteiger charge is 2.15. The van der Waals surface area contributed by atoms with Gasteiger partial charge in [-0.2, -0.15) is 5.26 Å². The Kier molecular flexibility index (Phi) is 3.43. The molecule has 0 saturated carbocycles.